The summed E-state index contributed by atoms with van der Waals surface area (Å²) < 4.78 is 28.4. The highest BCUT2D eigenvalue weighted by Gasteiger charge is 2.30. The van der Waals surface area contributed by atoms with E-state index in [-0.39, 0.29) is 23.4 Å². The van der Waals surface area contributed by atoms with Gasteiger partial charge >= 0.3 is 0 Å². The number of fused-ring (bicyclic) bond motifs is 2. The average molecular weight is 454 g/mol. The van der Waals surface area contributed by atoms with Gasteiger partial charge in [0, 0.05) is 55.3 Å². The number of nitrogens with two attached hydrogens (primary N) is 1. The van der Waals surface area contributed by atoms with E-state index in [1.807, 2.05) is 31.2 Å². The van der Waals surface area contributed by atoms with E-state index in [1.165, 1.54) is 12.4 Å². The molecule has 0 aliphatic carbocycles. The predicted octanol–water partition coefficient (Wildman–Crippen LogP) is 5.41. The molecule has 4 N–H and O–H groups in total. The molecule has 2 aliphatic heterocycles. The van der Waals surface area contributed by atoms with Crippen LogP contribution in [0.5, 0.6) is 0 Å². The zero-order valence-corrected chi connectivity index (χ0v) is 19.0. The lowest BCUT2D eigenvalue weighted by Crippen LogP contribution is -2.28. The molecule has 2 aromatic rings. The van der Waals surface area contributed by atoms with Crippen LogP contribution >= 0.6 is 0 Å². The first kappa shape index (κ1) is 22.8. The quantitative estimate of drug-likeness (QED) is 0.541. The van der Waals surface area contributed by atoms with Crippen molar-refractivity contribution in [2.45, 2.75) is 45.1 Å². The third-order valence-electron chi connectivity index (χ3n) is 6.29. The molecular formula is C25H29F2N5O. The molecular weight excluding hydrogens is 424 g/mol. The minimum Gasteiger partial charge on any atom is -0.404 e. The Morgan fingerprint density at radius 2 is 2.06 bits per heavy atom. The number of anilines is 4. The number of aliphatic imine (C=N–C) groups is 1. The molecule has 174 valence electrons. The number of benzene rings is 2. The second-order valence-electron chi connectivity index (χ2n) is 8.65. The van der Waals surface area contributed by atoms with Crippen molar-refractivity contribution < 1.29 is 13.6 Å². The zero-order chi connectivity index (χ0) is 23.7. The fourth-order valence-electron chi connectivity index (χ4n) is 4.67. The van der Waals surface area contributed by atoms with Crippen molar-refractivity contribution in [3.8, 4) is 0 Å². The van der Waals surface area contributed by atoms with Gasteiger partial charge in [-0.15, -0.1) is 0 Å². The van der Waals surface area contributed by atoms with Crippen LogP contribution in [0.3, 0.4) is 0 Å². The minimum atomic E-state index is -2.67. The van der Waals surface area contributed by atoms with Crippen molar-refractivity contribution in [1.82, 2.24) is 0 Å². The molecule has 0 radical (unpaired) electrons. The van der Waals surface area contributed by atoms with E-state index in [0.29, 0.717) is 29.8 Å². The molecule has 8 heteroatoms. The molecule has 0 saturated carbocycles. The largest absolute Gasteiger partial charge is 0.404 e. The highest BCUT2D eigenvalue weighted by Crippen LogP contribution is 2.47. The van der Waals surface area contributed by atoms with E-state index >= 15 is 0 Å². The Morgan fingerprint density at radius 1 is 1.27 bits per heavy atom. The fourth-order valence-corrected chi connectivity index (χ4v) is 4.67. The van der Waals surface area contributed by atoms with Crippen molar-refractivity contribution in [3.63, 3.8) is 0 Å². The average Bonchev–Trinajstić information content (AvgIpc) is 2.93. The van der Waals surface area contributed by atoms with Gasteiger partial charge in [-0.2, -0.15) is 0 Å². The number of carbonyl (C=O) groups excluding carboxylic acids is 1. The molecule has 2 aliphatic rings. The van der Waals surface area contributed by atoms with Crippen LogP contribution in [0, 0.1) is 0 Å². The summed E-state index contributed by atoms with van der Waals surface area (Å²) in [4.78, 5) is 18.3. The second-order valence-corrected chi connectivity index (χ2v) is 8.65. The maximum atomic E-state index is 14.2. The van der Waals surface area contributed by atoms with Crippen molar-refractivity contribution in [2.24, 2.45) is 10.7 Å². The topological polar surface area (TPSA) is 82.8 Å². The Morgan fingerprint density at radius 3 is 2.76 bits per heavy atom. The third kappa shape index (κ3) is 4.29. The fraction of sp³-hybridized carbons (Fsp3) is 0.360. The van der Waals surface area contributed by atoms with Gasteiger partial charge in [-0.3, -0.25) is 9.79 Å². The van der Waals surface area contributed by atoms with Crippen molar-refractivity contribution in [2.75, 3.05) is 29.1 Å². The number of alkyl halides is 2. The number of nitrogens with zero attached hydrogens (tertiary/aromatic N) is 2. The van der Waals surface area contributed by atoms with Crippen LogP contribution in [0.25, 0.3) is 5.57 Å². The van der Waals surface area contributed by atoms with Crippen LogP contribution in [0.4, 0.5) is 31.5 Å². The molecule has 0 spiro atoms. The van der Waals surface area contributed by atoms with Gasteiger partial charge in [0.15, 0.2) is 0 Å². The molecule has 4 rings (SSSR count). The number of halogens is 2. The number of hydrogen-bond donors (Lipinski definition) is 3. The summed E-state index contributed by atoms with van der Waals surface area (Å²) in [7, 11) is 1.59. The van der Waals surface area contributed by atoms with Crippen LogP contribution in [-0.2, 0) is 4.79 Å². The zero-order valence-electron chi connectivity index (χ0n) is 19.0. The first-order chi connectivity index (χ1) is 15.8. The van der Waals surface area contributed by atoms with Gasteiger partial charge in [0.2, 0.25) is 5.91 Å². The van der Waals surface area contributed by atoms with Crippen LogP contribution < -0.4 is 21.3 Å². The Balaban J connectivity index is 1.90. The molecule has 2 atom stereocenters. The number of carbonyl (C=O) groups is 1. The van der Waals surface area contributed by atoms with Gasteiger partial charge in [0.25, 0.3) is 6.43 Å². The van der Waals surface area contributed by atoms with E-state index in [1.54, 1.807) is 13.1 Å². The lowest BCUT2D eigenvalue weighted by atomic mass is 9.86. The first-order valence-electron chi connectivity index (χ1n) is 11.1. The minimum absolute atomic E-state index is 0.0538. The maximum absolute atomic E-state index is 14.2. The highest BCUT2D eigenvalue weighted by atomic mass is 19.3. The van der Waals surface area contributed by atoms with E-state index in [0.717, 1.165) is 29.0 Å². The summed E-state index contributed by atoms with van der Waals surface area (Å²) in [6.45, 7) is 4.73. The Hall–Kier alpha value is -3.42. The molecule has 33 heavy (non-hydrogen) atoms. The number of nitrogens with one attached hydrogen (secondary N) is 2. The number of amides is 1. The summed E-state index contributed by atoms with van der Waals surface area (Å²) in [5.74, 6) is 0.134. The first-order valence-corrected chi connectivity index (χ1v) is 11.1. The van der Waals surface area contributed by atoms with Gasteiger partial charge in [-0.1, -0.05) is 13.0 Å². The Bertz CT molecular complexity index is 1130. The third-order valence-corrected chi connectivity index (χ3v) is 6.29. The summed E-state index contributed by atoms with van der Waals surface area (Å²) in [5, 5.41) is 6.39. The van der Waals surface area contributed by atoms with E-state index in [2.05, 4.69) is 27.4 Å². The normalized spacial score (nSPS) is 20.8. The van der Waals surface area contributed by atoms with Crippen molar-refractivity contribution in [1.29, 1.82) is 0 Å². The summed E-state index contributed by atoms with van der Waals surface area (Å²) in [5.41, 5.74) is 10.6. The van der Waals surface area contributed by atoms with Gasteiger partial charge in [-0.05, 0) is 54.7 Å². The van der Waals surface area contributed by atoms with Gasteiger partial charge in [0.05, 0.1) is 17.1 Å². The van der Waals surface area contributed by atoms with Gasteiger partial charge in [-0.25, -0.2) is 8.78 Å². The van der Waals surface area contributed by atoms with Crippen LogP contribution in [0.1, 0.15) is 55.7 Å². The van der Waals surface area contributed by atoms with E-state index in [9.17, 15) is 13.6 Å². The van der Waals surface area contributed by atoms with Crippen molar-refractivity contribution >= 4 is 40.4 Å². The molecule has 0 saturated heterocycles. The molecule has 1 amide bonds. The van der Waals surface area contributed by atoms with E-state index < -0.39 is 6.43 Å². The summed E-state index contributed by atoms with van der Waals surface area (Å²) in [6, 6.07) is 9.04. The number of para-hydroxylation sites is 1. The number of allylic oxidation sites excluding steroid dienone is 1. The summed E-state index contributed by atoms with van der Waals surface area (Å²) in [6.07, 6.45) is 1.36. The summed E-state index contributed by atoms with van der Waals surface area (Å²) >= 11 is 0. The number of rotatable bonds is 4. The predicted molar refractivity (Wildman–Crippen MR) is 131 cm³/mol. The molecule has 0 aromatic heterocycles. The SMILES string of the molecule is CN=C/C(=C\N)c1cc2c(cc1C(F)F)N(c1cccc3c1N[C@H](C)CC(=O)N3)CC[C@H]2C. The van der Waals surface area contributed by atoms with Gasteiger partial charge in [0.1, 0.15) is 0 Å². The van der Waals surface area contributed by atoms with Crippen molar-refractivity contribution in [3.05, 3.63) is 53.2 Å². The highest BCUT2D eigenvalue weighted by molar-refractivity contribution is 6.10. The standard InChI is InChI=1S/C25H29F2N5O/c1-14-7-8-32(21-6-4-5-20-24(21)30-15(2)9-23(33)31-20)22-11-19(25(26)27)18(10-17(14)22)16(12-28)13-29-3/h4-6,10-15,25,30H,7-9,28H2,1-3H3,(H,31,33)/b16-12+,29-13?/t14-,15-/m1/s1. The molecule has 2 aromatic carbocycles. The maximum Gasteiger partial charge on any atom is 0.264 e. The smallest absolute Gasteiger partial charge is 0.264 e. The Kier molecular flexibility index (Phi) is 6.35. The molecule has 2 heterocycles. The number of hydrogen-bond acceptors (Lipinski definition) is 5. The van der Waals surface area contributed by atoms with Crippen LogP contribution in [-0.4, -0.2) is 31.8 Å². The van der Waals surface area contributed by atoms with Crippen LogP contribution in [0.15, 0.2) is 41.5 Å². The van der Waals surface area contributed by atoms with Crippen LogP contribution in [0.2, 0.25) is 0 Å². The second kappa shape index (κ2) is 9.21. The molecule has 0 fully saturated rings. The lowest BCUT2D eigenvalue weighted by Gasteiger charge is -2.37. The molecule has 0 unspecified atom stereocenters. The monoisotopic (exact) mass is 453 g/mol. The lowest BCUT2D eigenvalue weighted by molar-refractivity contribution is -0.116. The van der Waals surface area contributed by atoms with E-state index in [4.69, 9.17) is 5.73 Å². The molecule has 6 nitrogen and oxygen atoms in total. The Labute approximate surface area is 192 Å². The molecule has 0 bridgehead atoms. The van der Waals surface area contributed by atoms with Gasteiger partial charge < -0.3 is 21.3 Å².